The summed E-state index contributed by atoms with van der Waals surface area (Å²) in [5.74, 6) is 0. The number of benzene rings is 1. The summed E-state index contributed by atoms with van der Waals surface area (Å²) in [6.07, 6.45) is 0.657. The van der Waals surface area contributed by atoms with Gasteiger partial charge in [-0.05, 0) is 37.0 Å². The molecular weight excluding hydrogens is 266 g/mol. The molecule has 0 fully saturated rings. The van der Waals surface area contributed by atoms with Crippen LogP contribution in [0.3, 0.4) is 0 Å². The fourth-order valence-corrected chi connectivity index (χ4v) is 1.89. The molecule has 2 amide bonds. The Morgan fingerprint density at radius 2 is 2.10 bits per heavy atom. The fourth-order valence-electron chi connectivity index (χ4n) is 1.89. The van der Waals surface area contributed by atoms with Crippen molar-refractivity contribution in [3.05, 3.63) is 24.3 Å². The zero-order valence-electron chi connectivity index (χ0n) is 13.4. The number of nitrogens with one attached hydrogen (secondary N) is 2. The molecule has 0 radical (unpaired) electrons. The number of aliphatic hydroxyl groups is 1. The van der Waals surface area contributed by atoms with Crippen LogP contribution in [0.1, 0.15) is 27.2 Å². The molecule has 21 heavy (non-hydrogen) atoms. The number of rotatable bonds is 7. The number of anilines is 2. The molecule has 0 aromatic heterocycles. The number of hydrogen-bond donors (Lipinski definition) is 3. The van der Waals surface area contributed by atoms with Crippen LogP contribution in [0.5, 0.6) is 0 Å². The van der Waals surface area contributed by atoms with Crippen LogP contribution in [0, 0.1) is 5.41 Å². The minimum absolute atomic E-state index is 0.115. The average Bonchev–Trinajstić information content (AvgIpc) is 2.45. The summed E-state index contributed by atoms with van der Waals surface area (Å²) >= 11 is 0. The van der Waals surface area contributed by atoms with Gasteiger partial charge in [-0.3, -0.25) is 0 Å². The molecule has 0 bridgehead atoms. The van der Waals surface area contributed by atoms with E-state index >= 15 is 0 Å². The lowest BCUT2D eigenvalue weighted by Gasteiger charge is -2.24. The Balaban J connectivity index is 2.55. The van der Waals surface area contributed by atoms with E-state index in [1.54, 1.807) is 0 Å². The van der Waals surface area contributed by atoms with Crippen LogP contribution < -0.4 is 15.5 Å². The smallest absolute Gasteiger partial charge is 0.319 e. The van der Waals surface area contributed by atoms with Crippen molar-refractivity contribution >= 4 is 17.4 Å². The highest BCUT2D eigenvalue weighted by Gasteiger charge is 2.18. The van der Waals surface area contributed by atoms with E-state index in [0.29, 0.717) is 13.0 Å². The van der Waals surface area contributed by atoms with E-state index < -0.39 is 0 Å². The predicted molar refractivity (Wildman–Crippen MR) is 87.9 cm³/mol. The molecule has 5 heteroatoms. The molecule has 1 rings (SSSR count). The third-order valence-corrected chi connectivity index (χ3v) is 3.54. The van der Waals surface area contributed by atoms with E-state index in [4.69, 9.17) is 5.11 Å². The number of aliphatic hydroxyl groups excluding tert-OH is 1. The van der Waals surface area contributed by atoms with Gasteiger partial charge in [0.05, 0.1) is 0 Å². The van der Waals surface area contributed by atoms with Gasteiger partial charge in [-0.25, -0.2) is 4.79 Å². The maximum Gasteiger partial charge on any atom is 0.319 e. The van der Waals surface area contributed by atoms with Crippen molar-refractivity contribution in [2.24, 2.45) is 5.41 Å². The van der Waals surface area contributed by atoms with Gasteiger partial charge in [0.15, 0.2) is 0 Å². The highest BCUT2D eigenvalue weighted by atomic mass is 16.3. The van der Waals surface area contributed by atoms with Crippen molar-refractivity contribution in [2.45, 2.75) is 27.2 Å². The summed E-state index contributed by atoms with van der Waals surface area (Å²) in [4.78, 5) is 14.0. The highest BCUT2D eigenvalue weighted by molar-refractivity contribution is 5.89. The minimum Gasteiger partial charge on any atom is -0.396 e. The number of amides is 2. The molecule has 118 valence electrons. The summed E-state index contributed by atoms with van der Waals surface area (Å²) in [7, 11) is 2.01. The number of carbonyl (C=O) groups excluding carboxylic acids is 1. The highest BCUT2D eigenvalue weighted by Crippen LogP contribution is 2.19. The SMILES string of the molecule is CCN(C)c1cccc(NC(=O)NCC(C)(C)CCO)c1. The van der Waals surface area contributed by atoms with Gasteiger partial charge in [-0.2, -0.15) is 0 Å². The number of hydrogen-bond acceptors (Lipinski definition) is 3. The monoisotopic (exact) mass is 293 g/mol. The summed E-state index contributed by atoms with van der Waals surface area (Å²) in [6, 6.07) is 7.52. The normalized spacial score (nSPS) is 11.1. The van der Waals surface area contributed by atoms with Crippen molar-refractivity contribution in [1.29, 1.82) is 0 Å². The first-order valence-electron chi connectivity index (χ1n) is 7.35. The topological polar surface area (TPSA) is 64.6 Å². The van der Waals surface area contributed by atoms with Crippen molar-refractivity contribution in [1.82, 2.24) is 5.32 Å². The van der Waals surface area contributed by atoms with Crippen LogP contribution in [0.25, 0.3) is 0 Å². The van der Waals surface area contributed by atoms with Gasteiger partial charge in [0.25, 0.3) is 0 Å². The first-order valence-corrected chi connectivity index (χ1v) is 7.35. The Morgan fingerprint density at radius 3 is 2.71 bits per heavy atom. The van der Waals surface area contributed by atoms with Crippen LogP contribution in [0.15, 0.2) is 24.3 Å². The molecule has 0 heterocycles. The molecule has 0 atom stereocenters. The van der Waals surface area contributed by atoms with Crippen LogP contribution in [-0.2, 0) is 0 Å². The van der Waals surface area contributed by atoms with Gasteiger partial charge < -0.3 is 20.6 Å². The van der Waals surface area contributed by atoms with Gasteiger partial charge >= 0.3 is 6.03 Å². The van der Waals surface area contributed by atoms with E-state index in [-0.39, 0.29) is 18.1 Å². The first kappa shape index (κ1) is 17.3. The second-order valence-corrected chi connectivity index (χ2v) is 6.01. The van der Waals surface area contributed by atoms with Crippen LogP contribution in [0.2, 0.25) is 0 Å². The van der Waals surface area contributed by atoms with Gasteiger partial charge in [-0.15, -0.1) is 0 Å². The molecule has 0 unspecified atom stereocenters. The Bertz CT molecular complexity index is 461. The summed E-state index contributed by atoms with van der Waals surface area (Å²) in [6.45, 7) is 7.66. The van der Waals surface area contributed by atoms with Crippen LogP contribution in [-0.4, -0.2) is 37.9 Å². The lowest BCUT2D eigenvalue weighted by molar-refractivity contribution is 0.204. The van der Waals surface area contributed by atoms with E-state index in [0.717, 1.165) is 17.9 Å². The Labute approximate surface area is 127 Å². The molecule has 0 spiro atoms. The third kappa shape index (κ3) is 6.04. The van der Waals surface area contributed by atoms with Gasteiger partial charge in [0.2, 0.25) is 0 Å². The maximum atomic E-state index is 11.9. The standard InChI is InChI=1S/C16H27N3O2/c1-5-19(4)14-8-6-7-13(11-14)18-15(21)17-12-16(2,3)9-10-20/h6-8,11,20H,5,9-10,12H2,1-4H3,(H2,17,18,21). The Hall–Kier alpha value is -1.75. The number of nitrogens with zero attached hydrogens (tertiary/aromatic N) is 1. The lowest BCUT2D eigenvalue weighted by atomic mass is 9.90. The van der Waals surface area contributed by atoms with E-state index in [1.807, 2.05) is 45.2 Å². The minimum atomic E-state index is -0.225. The maximum absolute atomic E-state index is 11.9. The Kier molecular flexibility index (Phi) is 6.49. The van der Waals surface area contributed by atoms with E-state index in [9.17, 15) is 4.79 Å². The largest absolute Gasteiger partial charge is 0.396 e. The third-order valence-electron chi connectivity index (χ3n) is 3.54. The molecule has 0 aliphatic carbocycles. The molecule has 3 N–H and O–H groups in total. The average molecular weight is 293 g/mol. The fraction of sp³-hybridized carbons (Fsp3) is 0.562. The van der Waals surface area contributed by atoms with Crippen molar-refractivity contribution in [2.75, 3.05) is 37.0 Å². The molecule has 1 aromatic rings. The lowest BCUT2D eigenvalue weighted by Crippen LogP contribution is -2.37. The van der Waals surface area contributed by atoms with E-state index in [2.05, 4.69) is 22.5 Å². The molecule has 1 aromatic carbocycles. The number of urea groups is 1. The van der Waals surface area contributed by atoms with Gasteiger partial charge in [0, 0.05) is 38.1 Å². The zero-order chi connectivity index (χ0) is 15.9. The molecule has 5 nitrogen and oxygen atoms in total. The molecular formula is C16H27N3O2. The van der Waals surface area contributed by atoms with Crippen molar-refractivity contribution in [3.63, 3.8) is 0 Å². The quantitative estimate of drug-likeness (QED) is 0.724. The Morgan fingerprint density at radius 1 is 1.38 bits per heavy atom. The van der Waals surface area contributed by atoms with E-state index in [1.165, 1.54) is 0 Å². The molecule has 0 saturated heterocycles. The predicted octanol–water partition coefficient (Wildman–Crippen LogP) is 2.67. The summed E-state index contributed by atoms with van der Waals surface area (Å²) in [5, 5.41) is 14.7. The van der Waals surface area contributed by atoms with Crippen molar-refractivity contribution < 1.29 is 9.90 Å². The number of carbonyl (C=O) groups is 1. The second kappa shape index (κ2) is 7.88. The summed E-state index contributed by atoms with van der Waals surface area (Å²) in [5.41, 5.74) is 1.72. The molecule has 0 aliphatic rings. The zero-order valence-corrected chi connectivity index (χ0v) is 13.4. The molecule has 0 saturated carbocycles. The van der Waals surface area contributed by atoms with Gasteiger partial charge in [0.1, 0.15) is 0 Å². The van der Waals surface area contributed by atoms with Crippen molar-refractivity contribution in [3.8, 4) is 0 Å². The molecule has 0 aliphatic heterocycles. The first-order chi connectivity index (χ1) is 9.88. The second-order valence-electron chi connectivity index (χ2n) is 6.01. The van der Waals surface area contributed by atoms with Gasteiger partial charge in [-0.1, -0.05) is 19.9 Å². The van der Waals surface area contributed by atoms with Crippen LogP contribution in [0.4, 0.5) is 16.2 Å². The summed E-state index contributed by atoms with van der Waals surface area (Å²) < 4.78 is 0. The van der Waals surface area contributed by atoms with Crippen LogP contribution >= 0.6 is 0 Å².